The Morgan fingerprint density at radius 3 is 2.71 bits per heavy atom. The molecule has 92 valence electrons. The van der Waals surface area contributed by atoms with Crippen molar-refractivity contribution >= 4 is 11.6 Å². The van der Waals surface area contributed by atoms with Gasteiger partial charge in [0.2, 0.25) is 5.91 Å². The van der Waals surface area contributed by atoms with E-state index in [-0.39, 0.29) is 11.9 Å². The van der Waals surface area contributed by atoms with Crippen LogP contribution in [0.5, 0.6) is 0 Å². The van der Waals surface area contributed by atoms with Gasteiger partial charge in [0.1, 0.15) is 6.04 Å². The maximum Gasteiger partial charge on any atom is 0.246 e. The Balaban J connectivity index is 2.30. The number of carbonyl (C=O) groups is 1. The molecule has 0 radical (unpaired) electrons. The van der Waals surface area contributed by atoms with Crippen LogP contribution in [0.2, 0.25) is 0 Å². The van der Waals surface area contributed by atoms with Crippen molar-refractivity contribution in [2.75, 3.05) is 11.9 Å². The second-order valence-electron chi connectivity index (χ2n) is 5.27. The van der Waals surface area contributed by atoms with E-state index < -0.39 is 0 Å². The third-order valence-corrected chi connectivity index (χ3v) is 3.07. The summed E-state index contributed by atoms with van der Waals surface area (Å²) in [6.45, 7) is 9.25. The number of hydrogen-bond acceptors (Lipinski definition) is 2. The number of rotatable bonds is 3. The minimum atomic E-state index is -0.187. The number of aryl methyl sites for hydroxylation is 2. The molecule has 2 rings (SSSR count). The summed E-state index contributed by atoms with van der Waals surface area (Å²) in [5.74, 6) is 0.604. The van der Waals surface area contributed by atoms with E-state index in [9.17, 15) is 4.79 Å². The predicted molar refractivity (Wildman–Crippen MR) is 70.1 cm³/mol. The van der Waals surface area contributed by atoms with Crippen LogP contribution in [-0.4, -0.2) is 12.5 Å². The maximum absolute atomic E-state index is 11.9. The summed E-state index contributed by atoms with van der Waals surface area (Å²) in [5.41, 5.74) is 4.45. The van der Waals surface area contributed by atoms with Gasteiger partial charge < -0.3 is 10.6 Å². The van der Waals surface area contributed by atoms with E-state index in [2.05, 4.69) is 37.5 Å². The Hall–Kier alpha value is -1.35. The van der Waals surface area contributed by atoms with Gasteiger partial charge in [-0.05, 0) is 43.5 Å². The molecule has 1 aromatic rings. The van der Waals surface area contributed by atoms with Crippen molar-refractivity contribution in [3.8, 4) is 0 Å². The fraction of sp³-hybridized carbons (Fsp3) is 0.500. The first-order valence-corrected chi connectivity index (χ1v) is 6.14. The van der Waals surface area contributed by atoms with Crippen molar-refractivity contribution in [2.24, 2.45) is 5.92 Å². The SMILES string of the molecule is Cc1cc(C)c2c(c1)NC(=O)C2NCC(C)C. The van der Waals surface area contributed by atoms with Gasteiger partial charge in [0.15, 0.2) is 0 Å². The molecule has 3 nitrogen and oxygen atoms in total. The fourth-order valence-corrected chi connectivity index (χ4v) is 2.35. The highest BCUT2D eigenvalue weighted by molar-refractivity contribution is 6.03. The molecule has 0 bridgehead atoms. The van der Waals surface area contributed by atoms with Gasteiger partial charge in [0.05, 0.1) is 0 Å². The third kappa shape index (κ3) is 2.34. The van der Waals surface area contributed by atoms with E-state index in [1.807, 2.05) is 13.0 Å². The van der Waals surface area contributed by atoms with Crippen LogP contribution < -0.4 is 10.6 Å². The maximum atomic E-state index is 11.9. The van der Waals surface area contributed by atoms with Crippen LogP contribution in [0.25, 0.3) is 0 Å². The van der Waals surface area contributed by atoms with Gasteiger partial charge in [-0.2, -0.15) is 0 Å². The van der Waals surface area contributed by atoms with Crippen LogP contribution in [-0.2, 0) is 4.79 Å². The Bertz CT molecular complexity index is 452. The molecule has 1 unspecified atom stereocenters. The summed E-state index contributed by atoms with van der Waals surface area (Å²) in [5, 5.41) is 6.29. The first-order valence-electron chi connectivity index (χ1n) is 6.14. The quantitative estimate of drug-likeness (QED) is 0.841. The summed E-state index contributed by atoms with van der Waals surface area (Å²) in [6, 6.07) is 3.98. The largest absolute Gasteiger partial charge is 0.324 e. The van der Waals surface area contributed by atoms with Crippen LogP contribution in [0.15, 0.2) is 12.1 Å². The molecule has 1 aromatic carbocycles. The summed E-state index contributed by atoms with van der Waals surface area (Å²) in [6.07, 6.45) is 0. The Labute approximate surface area is 103 Å². The van der Waals surface area contributed by atoms with Gasteiger partial charge in [-0.15, -0.1) is 0 Å². The highest BCUT2D eigenvalue weighted by atomic mass is 16.2. The first kappa shape index (κ1) is 12.1. The number of amides is 1. The fourth-order valence-electron chi connectivity index (χ4n) is 2.35. The zero-order valence-corrected chi connectivity index (χ0v) is 10.9. The zero-order valence-electron chi connectivity index (χ0n) is 10.9. The normalized spacial score (nSPS) is 18.4. The monoisotopic (exact) mass is 232 g/mol. The molecule has 1 amide bonds. The van der Waals surface area contributed by atoms with Crippen molar-refractivity contribution in [2.45, 2.75) is 33.7 Å². The molecule has 0 saturated heterocycles. The minimum Gasteiger partial charge on any atom is -0.324 e. The first-order chi connectivity index (χ1) is 7.99. The lowest BCUT2D eigenvalue weighted by molar-refractivity contribution is -0.117. The summed E-state index contributed by atoms with van der Waals surface area (Å²) >= 11 is 0. The van der Waals surface area contributed by atoms with Crippen molar-refractivity contribution in [1.29, 1.82) is 0 Å². The van der Waals surface area contributed by atoms with Crippen LogP contribution >= 0.6 is 0 Å². The number of fused-ring (bicyclic) bond motifs is 1. The molecular formula is C14H20N2O. The molecule has 0 aromatic heterocycles. The van der Waals surface area contributed by atoms with E-state index in [0.717, 1.165) is 17.8 Å². The second-order valence-corrected chi connectivity index (χ2v) is 5.27. The molecule has 2 N–H and O–H groups in total. The van der Waals surface area contributed by atoms with E-state index >= 15 is 0 Å². The van der Waals surface area contributed by atoms with E-state index in [1.54, 1.807) is 0 Å². The lowest BCUT2D eigenvalue weighted by atomic mass is 9.99. The molecule has 0 fully saturated rings. The van der Waals surface area contributed by atoms with Gasteiger partial charge in [0.25, 0.3) is 0 Å². The summed E-state index contributed by atoms with van der Waals surface area (Å²) < 4.78 is 0. The molecule has 0 saturated carbocycles. The zero-order chi connectivity index (χ0) is 12.6. The highest BCUT2D eigenvalue weighted by Crippen LogP contribution is 2.34. The van der Waals surface area contributed by atoms with Crippen molar-refractivity contribution in [1.82, 2.24) is 5.32 Å². The van der Waals surface area contributed by atoms with Crippen LogP contribution in [0.4, 0.5) is 5.69 Å². The average Bonchev–Trinajstić information content (AvgIpc) is 2.51. The molecule has 1 atom stereocenters. The van der Waals surface area contributed by atoms with E-state index in [4.69, 9.17) is 0 Å². The van der Waals surface area contributed by atoms with Crippen molar-refractivity contribution in [3.05, 3.63) is 28.8 Å². The molecule has 0 aliphatic carbocycles. The van der Waals surface area contributed by atoms with Gasteiger partial charge in [0, 0.05) is 11.3 Å². The van der Waals surface area contributed by atoms with Gasteiger partial charge in [-0.1, -0.05) is 19.9 Å². The van der Waals surface area contributed by atoms with E-state index in [0.29, 0.717) is 5.92 Å². The van der Waals surface area contributed by atoms with Crippen molar-refractivity contribution in [3.63, 3.8) is 0 Å². The third-order valence-electron chi connectivity index (χ3n) is 3.07. The minimum absolute atomic E-state index is 0.0642. The Morgan fingerprint density at radius 2 is 2.06 bits per heavy atom. The number of anilines is 1. The molecule has 1 aliphatic rings. The topological polar surface area (TPSA) is 41.1 Å². The van der Waals surface area contributed by atoms with E-state index in [1.165, 1.54) is 11.1 Å². The lowest BCUT2D eigenvalue weighted by Crippen LogP contribution is -2.30. The number of nitrogens with one attached hydrogen (secondary N) is 2. The molecule has 17 heavy (non-hydrogen) atoms. The summed E-state index contributed by atoms with van der Waals surface area (Å²) in [7, 11) is 0. The Kier molecular flexibility index (Phi) is 3.20. The standard InChI is InChI=1S/C14H20N2O/c1-8(2)7-15-13-12-10(4)5-9(3)6-11(12)16-14(13)17/h5-6,8,13,15H,7H2,1-4H3,(H,16,17). The molecular weight excluding hydrogens is 212 g/mol. The smallest absolute Gasteiger partial charge is 0.246 e. The molecule has 1 heterocycles. The van der Waals surface area contributed by atoms with Crippen LogP contribution in [0.3, 0.4) is 0 Å². The second kappa shape index (κ2) is 4.49. The predicted octanol–water partition coefficient (Wildman–Crippen LogP) is 2.54. The number of carbonyl (C=O) groups excluding carboxylic acids is 1. The molecule has 1 aliphatic heterocycles. The van der Waals surface area contributed by atoms with Gasteiger partial charge >= 0.3 is 0 Å². The Morgan fingerprint density at radius 1 is 1.35 bits per heavy atom. The van der Waals surface area contributed by atoms with Crippen LogP contribution in [0.1, 0.15) is 36.6 Å². The van der Waals surface area contributed by atoms with Crippen molar-refractivity contribution < 1.29 is 4.79 Å². The highest BCUT2D eigenvalue weighted by Gasteiger charge is 2.31. The average molecular weight is 232 g/mol. The van der Waals surface area contributed by atoms with Crippen LogP contribution in [0, 0.1) is 19.8 Å². The van der Waals surface area contributed by atoms with Gasteiger partial charge in [-0.3, -0.25) is 4.79 Å². The molecule has 0 spiro atoms. The summed E-state index contributed by atoms with van der Waals surface area (Å²) in [4.78, 5) is 11.9. The molecule has 3 heteroatoms. The number of hydrogen-bond donors (Lipinski definition) is 2. The van der Waals surface area contributed by atoms with Gasteiger partial charge in [-0.25, -0.2) is 0 Å². The number of benzene rings is 1. The lowest BCUT2D eigenvalue weighted by Gasteiger charge is -2.15.